The maximum Gasteiger partial charge on any atom is 0.293 e. The quantitative estimate of drug-likeness (QED) is 0.332. The van der Waals surface area contributed by atoms with Crippen molar-refractivity contribution in [3.8, 4) is 22.4 Å². The molecule has 1 atom stereocenters. The number of aryl methyl sites for hydroxylation is 2. The van der Waals surface area contributed by atoms with Crippen LogP contribution >= 0.6 is 0 Å². The number of likely N-dealkylation sites (N-methyl/N-ethyl adjacent to an activating group) is 2. The van der Waals surface area contributed by atoms with Gasteiger partial charge in [0.25, 0.3) is 11.1 Å². The number of hydrogen-bond acceptors (Lipinski definition) is 6. The largest absolute Gasteiger partial charge is 0.343 e. The third kappa shape index (κ3) is 5.12. The van der Waals surface area contributed by atoms with Gasteiger partial charge in [0.1, 0.15) is 6.04 Å². The van der Waals surface area contributed by atoms with Crippen LogP contribution in [0, 0.1) is 13.8 Å². The zero-order valence-electron chi connectivity index (χ0n) is 25.0. The van der Waals surface area contributed by atoms with E-state index >= 15 is 0 Å². The van der Waals surface area contributed by atoms with Gasteiger partial charge in [-0.2, -0.15) is 0 Å². The van der Waals surface area contributed by atoms with E-state index in [1.54, 1.807) is 28.7 Å². The highest BCUT2D eigenvalue weighted by Gasteiger charge is 2.31. The van der Waals surface area contributed by atoms with Gasteiger partial charge >= 0.3 is 0 Å². The summed E-state index contributed by atoms with van der Waals surface area (Å²) in [6, 6.07) is 20.7. The summed E-state index contributed by atoms with van der Waals surface area (Å²) in [6.45, 7) is 5.48. The van der Waals surface area contributed by atoms with Crippen molar-refractivity contribution in [2.75, 3.05) is 32.5 Å². The summed E-state index contributed by atoms with van der Waals surface area (Å²) in [7, 11) is 5.47. The molecule has 1 unspecified atom stereocenters. The van der Waals surface area contributed by atoms with E-state index in [1.807, 2.05) is 94.7 Å². The first-order chi connectivity index (χ1) is 20.6. The lowest BCUT2D eigenvalue weighted by molar-refractivity contribution is -0.139. The van der Waals surface area contributed by atoms with Gasteiger partial charge in [0, 0.05) is 61.9 Å². The Morgan fingerprint density at radius 1 is 0.814 bits per heavy atom. The number of nitrogens with one attached hydrogen (secondary N) is 1. The summed E-state index contributed by atoms with van der Waals surface area (Å²) in [5.41, 5.74) is 6.88. The van der Waals surface area contributed by atoms with Gasteiger partial charge in [-0.25, -0.2) is 4.98 Å². The number of amides is 1. The van der Waals surface area contributed by atoms with Gasteiger partial charge in [0.2, 0.25) is 5.91 Å². The molecule has 0 saturated carbocycles. The van der Waals surface area contributed by atoms with E-state index in [-0.39, 0.29) is 28.9 Å². The number of rotatable bonds is 5. The van der Waals surface area contributed by atoms with E-state index in [9.17, 15) is 14.4 Å². The molecule has 6 rings (SSSR count). The molecule has 9 heteroatoms. The zero-order chi connectivity index (χ0) is 30.4. The maximum atomic E-state index is 13.4. The van der Waals surface area contributed by atoms with Crippen LogP contribution < -0.4 is 16.4 Å². The lowest BCUT2D eigenvalue weighted by Crippen LogP contribution is -2.48. The summed E-state index contributed by atoms with van der Waals surface area (Å²) < 4.78 is 3.16. The Kier molecular flexibility index (Phi) is 7.19. The van der Waals surface area contributed by atoms with Crippen LogP contribution in [-0.4, -0.2) is 56.8 Å². The summed E-state index contributed by atoms with van der Waals surface area (Å²) in [4.78, 5) is 47.9. The summed E-state index contributed by atoms with van der Waals surface area (Å²) in [5.74, 6) is 0.251. The second-order valence-corrected chi connectivity index (χ2v) is 11.3. The van der Waals surface area contributed by atoms with Crippen molar-refractivity contribution in [2.45, 2.75) is 19.9 Å². The number of nitrogens with zero attached hydrogens (tertiary/aromatic N) is 5. The Morgan fingerprint density at radius 3 is 2.33 bits per heavy atom. The van der Waals surface area contributed by atoms with Crippen LogP contribution in [-0.2, 0) is 11.8 Å². The fourth-order valence-electron chi connectivity index (χ4n) is 5.77. The van der Waals surface area contributed by atoms with Gasteiger partial charge in [0.15, 0.2) is 5.82 Å². The number of fused-ring (bicyclic) bond motifs is 1. The molecule has 3 aromatic heterocycles. The van der Waals surface area contributed by atoms with Crippen molar-refractivity contribution in [1.82, 2.24) is 23.8 Å². The highest BCUT2D eigenvalue weighted by atomic mass is 16.2. The summed E-state index contributed by atoms with van der Waals surface area (Å²) in [5, 5.41) is 3.18. The smallest absolute Gasteiger partial charge is 0.293 e. The van der Waals surface area contributed by atoms with E-state index in [1.165, 1.54) is 4.57 Å². The number of carbonyl (C=O) groups is 1. The Morgan fingerprint density at radius 2 is 1.56 bits per heavy atom. The van der Waals surface area contributed by atoms with Gasteiger partial charge in [-0.3, -0.25) is 23.7 Å². The molecular weight excluding hydrogens is 540 g/mol. The molecule has 2 aromatic carbocycles. The molecule has 1 saturated heterocycles. The monoisotopic (exact) mass is 574 g/mol. The standard InChI is InChI=1S/C34H34N6O3/c1-21-15-16-40-25(19-21)13-14-28(32(40)41)26-7-6-8-27(22(26)2)29-20-39(5)34(43)31(36-29)35-24-11-9-23(10-12-24)30-33(42)38(4)18-17-37(30)3/h6-16,19-20,30H,17-18H2,1-5H3,(H,35,36). The molecule has 1 N–H and O–H groups in total. The van der Waals surface area contributed by atoms with Crippen LogP contribution in [0.2, 0.25) is 0 Å². The van der Waals surface area contributed by atoms with Gasteiger partial charge in [0.05, 0.1) is 5.69 Å². The molecule has 218 valence electrons. The molecule has 1 aliphatic heterocycles. The molecule has 0 aliphatic carbocycles. The predicted octanol–water partition coefficient (Wildman–Crippen LogP) is 4.53. The van der Waals surface area contributed by atoms with E-state index in [0.717, 1.165) is 39.9 Å². The van der Waals surface area contributed by atoms with Crippen molar-refractivity contribution in [3.05, 3.63) is 117 Å². The zero-order valence-corrected chi connectivity index (χ0v) is 25.0. The summed E-state index contributed by atoms with van der Waals surface area (Å²) in [6.07, 6.45) is 3.51. The highest BCUT2D eigenvalue weighted by Crippen LogP contribution is 2.31. The fraction of sp³-hybridized carbons (Fsp3) is 0.235. The molecule has 1 fully saturated rings. The van der Waals surface area contributed by atoms with Gasteiger partial charge in [-0.1, -0.05) is 30.3 Å². The Hall–Kier alpha value is -5.02. The minimum atomic E-state index is -0.336. The first-order valence-electron chi connectivity index (χ1n) is 14.2. The first kappa shape index (κ1) is 28.1. The molecule has 4 heterocycles. The number of benzene rings is 2. The van der Waals surface area contributed by atoms with Crippen LogP contribution in [0.4, 0.5) is 11.5 Å². The molecular formula is C34H34N6O3. The average Bonchev–Trinajstić information content (AvgIpc) is 2.99. The second kappa shape index (κ2) is 11.0. The average molecular weight is 575 g/mol. The third-order valence-electron chi connectivity index (χ3n) is 8.31. The lowest BCUT2D eigenvalue weighted by Gasteiger charge is -2.37. The first-order valence-corrected chi connectivity index (χ1v) is 14.2. The van der Waals surface area contributed by atoms with Gasteiger partial charge < -0.3 is 14.8 Å². The molecule has 0 bridgehead atoms. The van der Waals surface area contributed by atoms with Crippen molar-refractivity contribution < 1.29 is 4.79 Å². The van der Waals surface area contributed by atoms with E-state index in [2.05, 4.69) is 10.2 Å². The van der Waals surface area contributed by atoms with E-state index < -0.39 is 0 Å². The fourth-order valence-corrected chi connectivity index (χ4v) is 5.77. The van der Waals surface area contributed by atoms with Crippen LogP contribution in [0.25, 0.3) is 27.9 Å². The number of hydrogen-bond donors (Lipinski definition) is 1. The van der Waals surface area contributed by atoms with Gasteiger partial charge in [-0.05, 0) is 79.5 Å². The SMILES string of the molecule is Cc1ccn2c(=O)c(-c3cccc(-c4cn(C)c(=O)c(Nc5ccc(C6C(=O)N(C)CCN6C)cc5)n4)c3C)ccc2c1. The highest BCUT2D eigenvalue weighted by molar-refractivity contribution is 5.84. The molecule has 9 nitrogen and oxygen atoms in total. The number of piperazine rings is 1. The maximum absolute atomic E-state index is 13.4. The van der Waals surface area contributed by atoms with Crippen LogP contribution in [0.15, 0.2) is 88.7 Å². The normalized spacial score (nSPS) is 15.7. The van der Waals surface area contributed by atoms with E-state index in [0.29, 0.717) is 23.5 Å². The minimum Gasteiger partial charge on any atom is -0.343 e. The Balaban J connectivity index is 1.34. The van der Waals surface area contributed by atoms with Crippen molar-refractivity contribution in [2.24, 2.45) is 7.05 Å². The van der Waals surface area contributed by atoms with Crippen molar-refractivity contribution in [1.29, 1.82) is 0 Å². The number of pyridine rings is 2. The molecule has 1 aliphatic rings. The number of anilines is 2. The van der Waals surface area contributed by atoms with Crippen LogP contribution in [0.3, 0.4) is 0 Å². The topological polar surface area (TPSA) is 92.0 Å². The third-order valence-corrected chi connectivity index (χ3v) is 8.31. The van der Waals surface area contributed by atoms with Crippen LogP contribution in [0.5, 0.6) is 0 Å². The second-order valence-electron chi connectivity index (χ2n) is 11.3. The molecule has 5 aromatic rings. The Labute approximate surface area is 249 Å². The number of carbonyl (C=O) groups excluding carboxylic acids is 1. The molecule has 1 amide bonds. The predicted molar refractivity (Wildman–Crippen MR) is 170 cm³/mol. The Bertz CT molecular complexity index is 1990. The summed E-state index contributed by atoms with van der Waals surface area (Å²) >= 11 is 0. The van der Waals surface area contributed by atoms with Crippen molar-refractivity contribution in [3.63, 3.8) is 0 Å². The van der Waals surface area contributed by atoms with E-state index in [4.69, 9.17) is 4.98 Å². The molecule has 43 heavy (non-hydrogen) atoms. The minimum absolute atomic E-state index is 0.0665. The van der Waals surface area contributed by atoms with Crippen molar-refractivity contribution >= 4 is 22.9 Å². The number of aromatic nitrogens is 3. The molecule has 0 radical (unpaired) electrons. The van der Waals surface area contributed by atoms with Gasteiger partial charge in [-0.15, -0.1) is 0 Å². The van der Waals surface area contributed by atoms with Crippen LogP contribution in [0.1, 0.15) is 22.7 Å². The lowest BCUT2D eigenvalue weighted by atomic mass is 9.95. The molecule has 0 spiro atoms.